The van der Waals surface area contributed by atoms with Gasteiger partial charge in [0.1, 0.15) is 22.5 Å². The van der Waals surface area contributed by atoms with Gasteiger partial charge in [0.25, 0.3) is 0 Å². The lowest BCUT2D eigenvalue weighted by Gasteiger charge is -2.40. The number of ether oxygens (including phenoxy) is 2. The van der Waals surface area contributed by atoms with Crippen molar-refractivity contribution < 1.29 is 27.5 Å². The highest BCUT2D eigenvalue weighted by atomic mass is 32.2. The summed E-state index contributed by atoms with van der Waals surface area (Å²) in [6.07, 6.45) is 3.16. The Labute approximate surface area is 177 Å². The van der Waals surface area contributed by atoms with E-state index < -0.39 is 22.0 Å². The van der Waals surface area contributed by atoms with Gasteiger partial charge in [-0.25, -0.2) is 13.2 Å². The predicted octanol–water partition coefficient (Wildman–Crippen LogP) is 1.74. The van der Waals surface area contributed by atoms with Gasteiger partial charge in [0.05, 0.1) is 11.9 Å². The van der Waals surface area contributed by atoms with Crippen LogP contribution < -0.4 is 5.32 Å². The van der Waals surface area contributed by atoms with Crippen LogP contribution in [-0.2, 0) is 30.7 Å². The lowest BCUT2D eigenvalue weighted by molar-refractivity contribution is -0.133. The largest absolute Gasteiger partial charge is 0.445 e. The van der Waals surface area contributed by atoms with E-state index in [0.717, 1.165) is 12.0 Å². The number of carbonyl (C=O) groups is 2. The molecule has 1 N–H and O–H groups in total. The van der Waals surface area contributed by atoms with Crippen LogP contribution in [0.2, 0.25) is 0 Å². The Morgan fingerprint density at radius 1 is 1.20 bits per heavy atom. The van der Waals surface area contributed by atoms with Gasteiger partial charge in [-0.15, -0.1) is 0 Å². The molecule has 1 aliphatic heterocycles. The fourth-order valence-corrected chi connectivity index (χ4v) is 5.61. The first-order valence-electron chi connectivity index (χ1n) is 10.2. The van der Waals surface area contributed by atoms with Crippen molar-refractivity contribution in [2.75, 3.05) is 25.7 Å². The van der Waals surface area contributed by atoms with E-state index in [2.05, 4.69) is 5.32 Å². The number of amides is 2. The molecule has 0 bridgehead atoms. The van der Waals surface area contributed by atoms with E-state index in [9.17, 15) is 18.0 Å². The number of sulfone groups is 1. The topological polar surface area (TPSA) is 102 Å². The fourth-order valence-electron chi connectivity index (χ4n) is 4.47. The molecule has 0 unspecified atom stereocenters. The van der Waals surface area contributed by atoms with E-state index in [0.29, 0.717) is 25.8 Å². The highest BCUT2D eigenvalue weighted by molar-refractivity contribution is 7.90. The number of likely N-dealkylation sites (tertiary alicyclic amines) is 1. The van der Waals surface area contributed by atoms with Crippen molar-refractivity contribution in [3.63, 3.8) is 0 Å². The Bertz CT molecular complexity index is 844. The molecule has 1 aromatic carbocycles. The molecule has 0 radical (unpaired) electrons. The lowest BCUT2D eigenvalue weighted by Crippen LogP contribution is -2.50. The minimum atomic E-state index is -3.18. The second-order valence-corrected chi connectivity index (χ2v) is 10.4. The number of hydrogen-bond donors (Lipinski definition) is 1. The van der Waals surface area contributed by atoms with Gasteiger partial charge >= 0.3 is 6.09 Å². The van der Waals surface area contributed by atoms with Crippen LogP contribution in [0.15, 0.2) is 30.3 Å². The van der Waals surface area contributed by atoms with Crippen LogP contribution in [0.1, 0.15) is 31.2 Å². The summed E-state index contributed by atoms with van der Waals surface area (Å²) in [4.78, 5) is 26.8. The van der Waals surface area contributed by atoms with E-state index >= 15 is 0 Å². The number of alkyl carbamates (subject to hydrolysis) is 1. The maximum atomic E-state index is 13.0. The SMILES string of the molecule is CO[C@@H]1CC[C@H](N2CC[C@H](NC(=O)OCc3ccccc3)C2=O)[C@H](CS(C)(=O)=O)C1. The van der Waals surface area contributed by atoms with Gasteiger partial charge in [-0.3, -0.25) is 4.79 Å². The van der Waals surface area contributed by atoms with Crippen LogP contribution >= 0.6 is 0 Å². The smallest absolute Gasteiger partial charge is 0.408 e. The van der Waals surface area contributed by atoms with Gasteiger partial charge in [0, 0.05) is 26.0 Å². The molecule has 30 heavy (non-hydrogen) atoms. The third kappa shape index (κ3) is 5.95. The summed E-state index contributed by atoms with van der Waals surface area (Å²) in [7, 11) is -1.56. The van der Waals surface area contributed by atoms with Crippen LogP contribution in [0, 0.1) is 5.92 Å². The Morgan fingerprint density at radius 3 is 2.60 bits per heavy atom. The first kappa shape index (κ1) is 22.6. The first-order valence-corrected chi connectivity index (χ1v) is 12.3. The molecule has 1 aliphatic carbocycles. The molecule has 8 nitrogen and oxygen atoms in total. The summed E-state index contributed by atoms with van der Waals surface area (Å²) in [5, 5.41) is 2.66. The average molecular weight is 439 g/mol. The first-order chi connectivity index (χ1) is 14.3. The standard InChI is InChI=1S/C21H30N2O6S/c1-28-17-8-9-19(16(12-17)14-30(2,26)27)23-11-10-18(20(23)24)22-21(25)29-13-15-6-4-3-5-7-15/h3-7,16-19H,8-14H2,1-2H3,(H,22,25)/t16-,17+,18-,19-/m0/s1. The average Bonchev–Trinajstić information content (AvgIpc) is 3.06. The van der Waals surface area contributed by atoms with Crippen LogP contribution in [0.25, 0.3) is 0 Å². The van der Waals surface area contributed by atoms with Gasteiger partial charge in [0.15, 0.2) is 0 Å². The Hall–Kier alpha value is -2.13. The Balaban J connectivity index is 1.58. The van der Waals surface area contributed by atoms with Crippen LogP contribution in [0.4, 0.5) is 4.79 Å². The molecule has 2 amide bonds. The van der Waals surface area contributed by atoms with Crippen molar-refractivity contribution in [1.29, 1.82) is 0 Å². The number of methoxy groups -OCH3 is 1. The molecular formula is C21H30N2O6S. The normalized spacial score (nSPS) is 27.1. The summed E-state index contributed by atoms with van der Waals surface area (Å²) >= 11 is 0. The van der Waals surface area contributed by atoms with Crippen molar-refractivity contribution in [3.8, 4) is 0 Å². The maximum Gasteiger partial charge on any atom is 0.408 e. The molecule has 0 spiro atoms. The minimum absolute atomic E-state index is 0.00703. The van der Waals surface area contributed by atoms with E-state index in [-0.39, 0.29) is 36.3 Å². The van der Waals surface area contributed by atoms with Gasteiger partial charge in [-0.1, -0.05) is 30.3 Å². The minimum Gasteiger partial charge on any atom is -0.445 e. The second kappa shape index (κ2) is 9.78. The molecule has 1 aromatic rings. The molecule has 2 aliphatic rings. The number of benzene rings is 1. The monoisotopic (exact) mass is 438 g/mol. The quantitative estimate of drug-likeness (QED) is 0.696. The molecule has 166 valence electrons. The molecule has 3 rings (SSSR count). The fraction of sp³-hybridized carbons (Fsp3) is 0.619. The van der Waals surface area contributed by atoms with E-state index in [1.165, 1.54) is 6.26 Å². The van der Waals surface area contributed by atoms with Crippen molar-refractivity contribution in [2.24, 2.45) is 5.92 Å². The number of nitrogens with one attached hydrogen (secondary N) is 1. The Kier molecular flexibility index (Phi) is 7.36. The van der Waals surface area contributed by atoms with Crippen molar-refractivity contribution in [3.05, 3.63) is 35.9 Å². The number of carbonyl (C=O) groups excluding carboxylic acids is 2. The zero-order valence-corrected chi connectivity index (χ0v) is 18.3. The summed E-state index contributed by atoms with van der Waals surface area (Å²) < 4.78 is 34.5. The lowest BCUT2D eigenvalue weighted by atomic mass is 9.83. The number of rotatable bonds is 7. The third-order valence-corrected chi connectivity index (χ3v) is 6.92. The van der Waals surface area contributed by atoms with Crippen LogP contribution in [-0.4, -0.2) is 69.2 Å². The molecule has 0 aromatic heterocycles. The van der Waals surface area contributed by atoms with Gasteiger partial charge < -0.3 is 19.7 Å². The molecule has 2 fully saturated rings. The van der Waals surface area contributed by atoms with Crippen LogP contribution in [0.3, 0.4) is 0 Å². The molecule has 9 heteroatoms. The number of nitrogens with zero attached hydrogens (tertiary/aromatic N) is 1. The van der Waals surface area contributed by atoms with E-state index in [1.807, 2.05) is 30.3 Å². The van der Waals surface area contributed by atoms with E-state index in [4.69, 9.17) is 9.47 Å². The molecule has 1 heterocycles. The van der Waals surface area contributed by atoms with Gasteiger partial charge in [0.2, 0.25) is 5.91 Å². The summed E-state index contributed by atoms with van der Waals surface area (Å²) in [5.74, 6) is -0.323. The highest BCUT2D eigenvalue weighted by Crippen LogP contribution is 2.33. The van der Waals surface area contributed by atoms with Crippen molar-refractivity contribution in [1.82, 2.24) is 10.2 Å². The summed E-state index contributed by atoms with van der Waals surface area (Å²) in [6.45, 7) is 0.625. The van der Waals surface area contributed by atoms with Gasteiger partial charge in [-0.05, 0) is 37.2 Å². The van der Waals surface area contributed by atoms with Crippen LogP contribution in [0.5, 0.6) is 0 Å². The number of hydrogen-bond acceptors (Lipinski definition) is 6. The molecular weight excluding hydrogens is 408 g/mol. The molecule has 1 saturated heterocycles. The van der Waals surface area contributed by atoms with Crippen molar-refractivity contribution in [2.45, 2.75) is 50.5 Å². The van der Waals surface area contributed by atoms with Crippen molar-refractivity contribution >= 4 is 21.8 Å². The zero-order valence-electron chi connectivity index (χ0n) is 17.5. The maximum absolute atomic E-state index is 13.0. The highest BCUT2D eigenvalue weighted by Gasteiger charge is 2.43. The summed E-state index contributed by atoms with van der Waals surface area (Å²) in [6, 6.07) is 8.51. The zero-order chi connectivity index (χ0) is 21.7. The third-order valence-electron chi connectivity index (χ3n) is 5.89. The predicted molar refractivity (Wildman–Crippen MR) is 112 cm³/mol. The molecule has 1 saturated carbocycles. The second-order valence-electron chi connectivity index (χ2n) is 8.17. The molecule has 4 atom stereocenters. The Morgan fingerprint density at radius 2 is 1.93 bits per heavy atom. The van der Waals surface area contributed by atoms with Gasteiger partial charge in [-0.2, -0.15) is 0 Å². The summed E-state index contributed by atoms with van der Waals surface area (Å²) in [5.41, 5.74) is 0.866. The van der Waals surface area contributed by atoms with E-state index in [1.54, 1.807) is 12.0 Å².